The molecule has 0 spiro atoms. The van der Waals surface area contributed by atoms with Gasteiger partial charge in [-0.15, -0.1) is 0 Å². The first-order chi connectivity index (χ1) is 10.6. The number of nitrogens with zero attached hydrogens (tertiary/aromatic N) is 2. The molecule has 1 aromatic rings. The number of carboxylic acid groups (broad SMARTS) is 1. The van der Waals surface area contributed by atoms with Crippen molar-refractivity contribution in [3.8, 4) is 5.88 Å². The lowest BCUT2D eigenvalue weighted by Gasteiger charge is -2.33. The average molecular weight is 304 g/mol. The number of aliphatic carboxylic acids is 1. The molecule has 1 N–H and O–H groups in total. The molecule has 0 radical (unpaired) electrons. The van der Waals surface area contributed by atoms with Gasteiger partial charge in [0.1, 0.15) is 6.04 Å². The Morgan fingerprint density at radius 2 is 2.09 bits per heavy atom. The first-order valence-corrected chi connectivity index (χ1v) is 7.67. The molecule has 6 heteroatoms. The number of rotatable bonds is 3. The van der Waals surface area contributed by atoms with E-state index in [9.17, 15) is 14.7 Å². The average Bonchev–Trinajstić information content (AvgIpc) is 2.94. The SMILES string of the molecule is COc1ccc(C(=O)N2C(C(=O)O)CC3CCCCC32)cn1. The highest BCUT2D eigenvalue weighted by Gasteiger charge is 2.47. The molecule has 1 amide bonds. The zero-order valence-corrected chi connectivity index (χ0v) is 12.6. The van der Waals surface area contributed by atoms with Gasteiger partial charge in [0.15, 0.2) is 0 Å². The normalized spacial score (nSPS) is 27.3. The van der Waals surface area contributed by atoms with Gasteiger partial charge in [-0.05, 0) is 31.2 Å². The molecule has 3 atom stereocenters. The van der Waals surface area contributed by atoms with E-state index in [1.165, 1.54) is 13.3 Å². The Hall–Kier alpha value is -2.11. The van der Waals surface area contributed by atoms with Crippen LogP contribution >= 0.6 is 0 Å². The molecule has 3 rings (SSSR count). The Morgan fingerprint density at radius 1 is 1.32 bits per heavy atom. The van der Waals surface area contributed by atoms with Crippen LogP contribution in [-0.2, 0) is 4.79 Å². The fraction of sp³-hybridized carbons (Fsp3) is 0.562. The van der Waals surface area contributed by atoms with Crippen LogP contribution in [0.3, 0.4) is 0 Å². The van der Waals surface area contributed by atoms with Crippen LogP contribution in [0.25, 0.3) is 0 Å². The number of pyridine rings is 1. The number of ether oxygens (including phenoxy) is 1. The molecule has 118 valence electrons. The van der Waals surface area contributed by atoms with Gasteiger partial charge < -0.3 is 14.7 Å². The minimum Gasteiger partial charge on any atom is -0.481 e. The van der Waals surface area contributed by atoms with Gasteiger partial charge >= 0.3 is 5.97 Å². The van der Waals surface area contributed by atoms with Crippen molar-refractivity contribution in [1.82, 2.24) is 9.88 Å². The molecule has 22 heavy (non-hydrogen) atoms. The van der Waals surface area contributed by atoms with Crippen LogP contribution in [0.4, 0.5) is 0 Å². The molecule has 2 aliphatic rings. The molecule has 1 aliphatic heterocycles. The molecule has 1 saturated carbocycles. The summed E-state index contributed by atoms with van der Waals surface area (Å²) in [4.78, 5) is 30.0. The molecular formula is C16H20N2O4. The first-order valence-electron chi connectivity index (χ1n) is 7.67. The lowest BCUT2D eigenvalue weighted by atomic mass is 9.84. The summed E-state index contributed by atoms with van der Waals surface area (Å²) < 4.78 is 4.99. The zero-order chi connectivity index (χ0) is 15.7. The summed E-state index contributed by atoms with van der Waals surface area (Å²) in [5.74, 6) is -0.408. The summed E-state index contributed by atoms with van der Waals surface area (Å²) in [6.45, 7) is 0. The van der Waals surface area contributed by atoms with E-state index in [1.807, 2.05) is 0 Å². The van der Waals surface area contributed by atoms with Crippen LogP contribution in [0.1, 0.15) is 42.5 Å². The maximum Gasteiger partial charge on any atom is 0.326 e. The molecule has 2 fully saturated rings. The minimum absolute atomic E-state index is 0.0458. The third-order valence-corrected chi connectivity index (χ3v) is 4.80. The van der Waals surface area contributed by atoms with Gasteiger partial charge in [0.25, 0.3) is 5.91 Å². The van der Waals surface area contributed by atoms with E-state index in [0.717, 1.165) is 25.7 Å². The number of carboxylic acids is 1. The van der Waals surface area contributed by atoms with Crippen LogP contribution < -0.4 is 4.74 Å². The van der Waals surface area contributed by atoms with Gasteiger partial charge in [-0.1, -0.05) is 12.8 Å². The lowest BCUT2D eigenvalue weighted by molar-refractivity contribution is -0.141. The van der Waals surface area contributed by atoms with Crippen molar-refractivity contribution in [3.05, 3.63) is 23.9 Å². The second kappa shape index (κ2) is 5.94. The summed E-state index contributed by atoms with van der Waals surface area (Å²) in [5, 5.41) is 9.48. The third-order valence-electron chi connectivity index (χ3n) is 4.80. The quantitative estimate of drug-likeness (QED) is 0.923. The van der Waals surface area contributed by atoms with Crippen molar-refractivity contribution in [1.29, 1.82) is 0 Å². The van der Waals surface area contributed by atoms with E-state index in [1.54, 1.807) is 17.0 Å². The number of hydrogen-bond donors (Lipinski definition) is 1. The van der Waals surface area contributed by atoms with E-state index in [0.29, 0.717) is 23.8 Å². The van der Waals surface area contributed by atoms with Gasteiger partial charge in [0.05, 0.1) is 12.7 Å². The molecule has 0 bridgehead atoms. The molecule has 6 nitrogen and oxygen atoms in total. The number of fused-ring (bicyclic) bond motifs is 1. The van der Waals surface area contributed by atoms with Gasteiger partial charge in [0.2, 0.25) is 5.88 Å². The summed E-state index contributed by atoms with van der Waals surface area (Å²) in [6, 6.07) is 2.59. The van der Waals surface area contributed by atoms with Crippen molar-refractivity contribution < 1.29 is 19.4 Å². The monoisotopic (exact) mass is 304 g/mol. The maximum absolute atomic E-state index is 12.8. The molecule has 1 aromatic heterocycles. The molecule has 3 unspecified atom stereocenters. The largest absolute Gasteiger partial charge is 0.481 e. The van der Waals surface area contributed by atoms with Crippen LogP contribution in [0, 0.1) is 5.92 Å². The van der Waals surface area contributed by atoms with E-state index >= 15 is 0 Å². The summed E-state index contributed by atoms with van der Waals surface area (Å²) in [7, 11) is 1.51. The Bertz CT molecular complexity index is 572. The number of carbonyl (C=O) groups excluding carboxylic acids is 1. The van der Waals surface area contributed by atoms with E-state index < -0.39 is 12.0 Å². The number of carbonyl (C=O) groups is 2. The van der Waals surface area contributed by atoms with Crippen molar-refractivity contribution in [2.24, 2.45) is 5.92 Å². The zero-order valence-electron chi connectivity index (χ0n) is 12.6. The minimum atomic E-state index is -0.913. The van der Waals surface area contributed by atoms with E-state index in [4.69, 9.17) is 4.74 Å². The summed E-state index contributed by atoms with van der Waals surface area (Å²) in [5.41, 5.74) is 0.415. The predicted octanol–water partition coefficient (Wildman–Crippen LogP) is 1.95. The fourth-order valence-corrected chi connectivity index (χ4v) is 3.75. The third kappa shape index (κ3) is 2.53. The van der Waals surface area contributed by atoms with Gasteiger partial charge in [-0.2, -0.15) is 0 Å². The molecular weight excluding hydrogens is 284 g/mol. The van der Waals surface area contributed by atoms with E-state index in [-0.39, 0.29) is 11.9 Å². The number of hydrogen-bond acceptors (Lipinski definition) is 4. The molecule has 1 aliphatic carbocycles. The Morgan fingerprint density at radius 3 is 2.73 bits per heavy atom. The molecule has 0 aromatic carbocycles. The number of amides is 1. The maximum atomic E-state index is 12.8. The summed E-state index contributed by atoms with van der Waals surface area (Å²) >= 11 is 0. The van der Waals surface area contributed by atoms with Crippen molar-refractivity contribution in [3.63, 3.8) is 0 Å². The van der Waals surface area contributed by atoms with Gasteiger partial charge in [-0.25, -0.2) is 9.78 Å². The lowest BCUT2D eigenvalue weighted by Crippen LogP contribution is -2.46. The first kappa shape index (κ1) is 14.8. The number of methoxy groups -OCH3 is 1. The van der Waals surface area contributed by atoms with Crippen molar-refractivity contribution in [2.45, 2.75) is 44.2 Å². The highest BCUT2D eigenvalue weighted by Crippen LogP contribution is 2.40. The van der Waals surface area contributed by atoms with Crippen molar-refractivity contribution >= 4 is 11.9 Å². The standard InChI is InChI=1S/C16H20N2O4/c1-22-14-7-6-11(9-17-14)15(19)18-12-5-3-2-4-10(12)8-13(18)16(20)21/h6-7,9-10,12-13H,2-5,8H2,1H3,(H,20,21). The van der Waals surface area contributed by atoms with E-state index in [2.05, 4.69) is 4.98 Å². The Kier molecular flexibility index (Phi) is 4.00. The van der Waals surface area contributed by atoms with Crippen LogP contribution in [-0.4, -0.2) is 46.1 Å². The Labute approximate surface area is 129 Å². The van der Waals surface area contributed by atoms with Crippen LogP contribution in [0.15, 0.2) is 18.3 Å². The second-order valence-corrected chi connectivity index (χ2v) is 6.00. The number of likely N-dealkylation sites (tertiary alicyclic amines) is 1. The van der Waals surface area contributed by atoms with Crippen LogP contribution in [0.2, 0.25) is 0 Å². The van der Waals surface area contributed by atoms with Crippen molar-refractivity contribution in [2.75, 3.05) is 7.11 Å². The molecule has 2 heterocycles. The summed E-state index contributed by atoms with van der Waals surface area (Å²) in [6.07, 6.45) is 6.10. The highest BCUT2D eigenvalue weighted by atomic mass is 16.5. The molecule has 1 saturated heterocycles. The topological polar surface area (TPSA) is 79.7 Å². The fourth-order valence-electron chi connectivity index (χ4n) is 3.75. The van der Waals surface area contributed by atoms with Crippen LogP contribution in [0.5, 0.6) is 5.88 Å². The highest BCUT2D eigenvalue weighted by molar-refractivity contribution is 5.97. The van der Waals surface area contributed by atoms with Gasteiger partial charge in [0, 0.05) is 18.3 Å². The predicted molar refractivity (Wildman–Crippen MR) is 78.7 cm³/mol. The smallest absolute Gasteiger partial charge is 0.326 e. The number of aromatic nitrogens is 1. The second-order valence-electron chi connectivity index (χ2n) is 6.00. The van der Waals surface area contributed by atoms with Gasteiger partial charge in [-0.3, -0.25) is 4.79 Å². The Balaban J connectivity index is 1.88.